The smallest absolute Gasteiger partial charge is 0.419 e. The molecule has 1 heterocycles. The van der Waals surface area contributed by atoms with E-state index in [9.17, 15) is 30.8 Å². The number of aliphatic carboxylic acids is 1. The number of hydrogen-bond acceptors (Lipinski definition) is 4. The van der Waals surface area contributed by atoms with Gasteiger partial charge in [-0.1, -0.05) is 12.1 Å². The van der Waals surface area contributed by atoms with Gasteiger partial charge < -0.3 is 10.0 Å². The van der Waals surface area contributed by atoms with Gasteiger partial charge in [-0.15, -0.1) is 0 Å². The monoisotopic (exact) mass is 460 g/mol. The van der Waals surface area contributed by atoms with Gasteiger partial charge in [-0.05, 0) is 42.8 Å². The summed E-state index contributed by atoms with van der Waals surface area (Å²) in [4.78, 5) is 12.5. The fourth-order valence-corrected chi connectivity index (χ4v) is 5.16. The summed E-state index contributed by atoms with van der Waals surface area (Å²) in [5, 5.41) is 8.91. The van der Waals surface area contributed by atoms with Gasteiger partial charge in [-0.3, -0.25) is 4.79 Å². The third kappa shape index (κ3) is 4.99. The predicted octanol–water partition coefficient (Wildman–Crippen LogP) is 3.37. The lowest BCUT2D eigenvalue weighted by Crippen LogP contribution is -2.53. The molecular weight excluding hydrogens is 440 g/mol. The molecular formula is C20H20F4N2O4S. The Bertz CT molecular complexity index is 1090. The van der Waals surface area contributed by atoms with E-state index in [4.69, 9.17) is 5.11 Å². The second kappa shape index (κ2) is 8.46. The Balaban J connectivity index is 1.78. The van der Waals surface area contributed by atoms with Crippen molar-refractivity contribution in [2.45, 2.75) is 30.5 Å². The van der Waals surface area contributed by atoms with Crippen LogP contribution in [0.2, 0.25) is 0 Å². The predicted molar refractivity (Wildman–Crippen MR) is 105 cm³/mol. The van der Waals surface area contributed by atoms with Crippen molar-refractivity contribution in [1.82, 2.24) is 4.31 Å². The van der Waals surface area contributed by atoms with Crippen molar-refractivity contribution < 1.29 is 35.9 Å². The van der Waals surface area contributed by atoms with Crippen LogP contribution < -0.4 is 4.90 Å². The Hall–Kier alpha value is -2.66. The van der Waals surface area contributed by atoms with Gasteiger partial charge in [-0.25, -0.2) is 12.8 Å². The van der Waals surface area contributed by atoms with Crippen LogP contribution in [0.3, 0.4) is 0 Å². The molecule has 0 unspecified atom stereocenters. The van der Waals surface area contributed by atoms with Crippen LogP contribution in [0.15, 0.2) is 47.4 Å². The van der Waals surface area contributed by atoms with Gasteiger partial charge in [0.15, 0.2) is 0 Å². The minimum absolute atomic E-state index is 0.0347. The van der Waals surface area contributed by atoms with Gasteiger partial charge in [0.1, 0.15) is 5.82 Å². The molecule has 6 nitrogen and oxygen atoms in total. The number of rotatable bonds is 5. The Kier molecular flexibility index (Phi) is 6.28. The van der Waals surface area contributed by atoms with Crippen molar-refractivity contribution in [3.05, 3.63) is 59.4 Å². The molecule has 0 saturated carbocycles. The topological polar surface area (TPSA) is 77.9 Å². The van der Waals surface area contributed by atoms with E-state index < -0.39 is 39.6 Å². The first-order chi connectivity index (χ1) is 14.4. The maximum atomic E-state index is 13.9. The largest absolute Gasteiger partial charge is 0.481 e. The molecule has 2 aromatic rings. The standard InChI is InChI=1S/C20H20F4N2O4S/c1-13-12-25(31(29,30)16-4-2-3-14(9-16)10-19(27)28)7-8-26(13)15-5-6-17(18(21)11-15)20(22,23)24/h2-6,9,11,13H,7-8,10,12H2,1H3,(H,27,28)/t13-/m0/s1. The zero-order chi connectivity index (χ0) is 23.0. The summed E-state index contributed by atoms with van der Waals surface area (Å²) in [5.74, 6) is -2.47. The summed E-state index contributed by atoms with van der Waals surface area (Å²) in [6.07, 6.45) is -5.11. The van der Waals surface area contributed by atoms with Crippen LogP contribution in [0.25, 0.3) is 0 Å². The molecule has 1 saturated heterocycles. The molecule has 1 aliphatic rings. The lowest BCUT2D eigenvalue weighted by Gasteiger charge is -2.40. The summed E-state index contributed by atoms with van der Waals surface area (Å²) in [6, 6.07) is 7.90. The molecule has 1 aliphatic heterocycles. The van der Waals surface area contributed by atoms with Crippen molar-refractivity contribution in [3.63, 3.8) is 0 Å². The highest BCUT2D eigenvalue weighted by atomic mass is 32.2. The molecule has 1 N–H and O–H groups in total. The summed E-state index contributed by atoms with van der Waals surface area (Å²) in [5.41, 5.74) is -0.773. The normalized spacial score (nSPS) is 18.2. The number of sulfonamides is 1. The van der Waals surface area contributed by atoms with E-state index in [0.29, 0.717) is 11.6 Å². The minimum Gasteiger partial charge on any atom is -0.481 e. The number of benzene rings is 2. The molecule has 0 aliphatic carbocycles. The van der Waals surface area contributed by atoms with Crippen molar-refractivity contribution in [2.24, 2.45) is 0 Å². The van der Waals surface area contributed by atoms with Crippen LogP contribution in [-0.4, -0.2) is 49.5 Å². The summed E-state index contributed by atoms with van der Waals surface area (Å²) in [6.45, 7) is 1.92. The average Bonchev–Trinajstić information content (AvgIpc) is 2.66. The van der Waals surface area contributed by atoms with E-state index >= 15 is 0 Å². The van der Waals surface area contributed by atoms with Crippen LogP contribution >= 0.6 is 0 Å². The summed E-state index contributed by atoms with van der Waals surface area (Å²) < 4.78 is 79.5. The van der Waals surface area contributed by atoms with Gasteiger partial charge in [0, 0.05) is 31.4 Å². The lowest BCUT2D eigenvalue weighted by atomic mass is 10.1. The highest BCUT2D eigenvalue weighted by Gasteiger charge is 2.36. The fourth-order valence-electron chi connectivity index (χ4n) is 3.58. The number of piperazine rings is 1. The number of halogens is 4. The fraction of sp³-hybridized carbons (Fsp3) is 0.350. The van der Waals surface area contributed by atoms with Gasteiger partial charge >= 0.3 is 12.1 Å². The number of nitrogens with zero attached hydrogens (tertiary/aromatic N) is 2. The summed E-state index contributed by atoms with van der Waals surface area (Å²) >= 11 is 0. The van der Waals surface area contributed by atoms with Gasteiger partial charge in [0.25, 0.3) is 0 Å². The Labute approximate surface area is 176 Å². The number of carboxylic acids is 1. The van der Waals surface area contributed by atoms with Gasteiger partial charge in [0.05, 0.1) is 16.9 Å². The summed E-state index contributed by atoms with van der Waals surface area (Å²) in [7, 11) is -3.90. The minimum atomic E-state index is -4.80. The molecule has 31 heavy (non-hydrogen) atoms. The Morgan fingerprint density at radius 2 is 1.87 bits per heavy atom. The quantitative estimate of drug-likeness (QED) is 0.693. The molecule has 0 amide bonds. The number of carbonyl (C=O) groups is 1. The molecule has 0 bridgehead atoms. The lowest BCUT2D eigenvalue weighted by molar-refractivity contribution is -0.140. The van der Waals surface area contributed by atoms with Crippen molar-refractivity contribution in [3.8, 4) is 0 Å². The first-order valence-electron chi connectivity index (χ1n) is 9.34. The molecule has 1 fully saturated rings. The van der Waals surface area contributed by atoms with Crippen LogP contribution in [0.4, 0.5) is 23.2 Å². The molecule has 0 spiro atoms. The Morgan fingerprint density at radius 1 is 1.16 bits per heavy atom. The molecule has 168 valence electrons. The second-order valence-corrected chi connectivity index (χ2v) is 9.22. The number of carboxylic acid groups (broad SMARTS) is 1. The molecule has 0 aromatic heterocycles. The second-order valence-electron chi connectivity index (χ2n) is 7.29. The molecule has 1 atom stereocenters. The van der Waals surface area contributed by atoms with E-state index in [-0.39, 0.29) is 36.6 Å². The molecule has 0 radical (unpaired) electrons. The van der Waals surface area contributed by atoms with E-state index in [1.54, 1.807) is 11.8 Å². The first-order valence-corrected chi connectivity index (χ1v) is 10.8. The number of alkyl halides is 3. The van der Waals surface area contributed by atoms with Crippen LogP contribution in [-0.2, 0) is 27.4 Å². The molecule has 2 aromatic carbocycles. The third-order valence-electron chi connectivity index (χ3n) is 5.07. The number of anilines is 1. The SMILES string of the molecule is C[C@H]1CN(S(=O)(=O)c2cccc(CC(=O)O)c2)CCN1c1ccc(C(F)(F)F)c(F)c1. The maximum absolute atomic E-state index is 13.9. The highest BCUT2D eigenvalue weighted by molar-refractivity contribution is 7.89. The van der Waals surface area contributed by atoms with Crippen molar-refractivity contribution in [2.75, 3.05) is 24.5 Å². The average molecular weight is 460 g/mol. The third-order valence-corrected chi connectivity index (χ3v) is 6.93. The van der Waals surface area contributed by atoms with Crippen molar-refractivity contribution in [1.29, 1.82) is 0 Å². The van der Waals surface area contributed by atoms with Crippen molar-refractivity contribution >= 4 is 21.7 Å². The Morgan fingerprint density at radius 3 is 2.45 bits per heavy atom. The molecule has 3 rings (SSSR count). The van der Waals surface area contributed by atoms with Crippen LogP contribution in [0.5, 0.6) is 0 Å². The molecule has 11 heteroatoms. The zero-order valence-electron chi connectivity index (χ0n) is 16.4. The number of hydrogen-bond donors (Lipinski definition) is 1. The maximum Gasteiger partial charge on any atom is 0.419 e. The van der Waals surface area contributed by atoms with E-state index in [1.807, 2.05) is 0 Å². The zero-order valence-corrected chi connectivity index (χ0v) is 17.3. The van der Waals surface area contributed by atoms with Crippen LogP contribution in [0, 0.1) is 5.82 Å². The van der Waals surface area contributed by atoms with E-state index in [0.717, 1.165) is 6.07 Å². The van der Waals surface area contributed by atoms with Gasteiger partial charge in [0.2, 0.25) is 10.0 Å². The van der Waals surface area contributed by atoms with Gasteiger partial charge in [-0.2, -0.15) is 17.5 Å². The van der Waals surface area contributed by atoms with E-state index in [2.05, 4.69) is 0 Å². The van der Waals surface area contributed by atoms with E-state index in [1.165, 1.54) is 34.6 Å². The first kappa shape index (κ1) is 23.0. The highest BCUT2D eigenvalue weighted by Crippen LogP contribution is 2.34. The van der Waals surface area contributed by atoms with Crippen LogP contribution in [0.1, 0.15) is 18.1 Å².